The summed E-state index contributed by atoms with van der Waals surface area (Å²) in [6.07, 6.45) is 2.92. The third kappa shape index (κ3) is 2.41. The molecule has 0 aromatic carbocycles. The Morgan fingerprint density at radius 3 is 2.65 bits per heavy atom. The molecule has 2 rings (SSSR count). The number of nitrogens with zero attached hydrogens (tertiary/aromatic N) is 1. The maximum atomic E-state index is 12.4. The number of amides is 1. The lowest BCUT2D eigenvalue weighted by atomic mass is 9.87. The first-order valence-corrected chi connectivity index (χ1v) is 7.31. The van der Waals surface area contributed by atoms with E-state index in [1.807, 2.05) is 6.92 Å². The average molecular weight is 292 g/mol. The van der Waals surface area contributed by atoms with Gasteiger partial charge < -0.3 is 10.1 Å². The van der Waals surface area contributed by atoms with Crippen LogP contribution in [0, 0.1) is 23.7 Å². The fraction of sp³-hybridized carbons (Fsp3) is 0.500. The standard InChI is InChI=1S/C14H16N2O3S/c1-9-7-20-11(12(17)19-2)10(9)16-13(18)14(8-15)5-3-4-6-14/h7H,3-6H2,1-2H3,(H,16,18). The number of esters is 1. The molecule has 106 valence electrons. The van der Waals surface area contributed by atoms with E-state index in [-0.39, 0.29) is 5.91 Å². The highest BCUT2D eigenvalue weighted by molar-refractivity contribution is 7.12. The first kappa shape index (κ1) is 14.5. The Kier molecular flexibility index (Phi) is 4.09. The second kappa shape index (κ2) is 5.63. The number of nitrogens with one attached hydrogen (secondary N) is 1. The van der Waals surface area contributed by atoms with Gasteiger partial charge in [-0.05, 0) is 30.7 Å². The van der Waals surface area contributed by atoms with Crippen LogP contribution >= 0.6 is 11.3 Å². The molecular weight excluding hydrogens is 276 g/mol. The largest absolute Gasteiger partial charge is 0.465 e. The molecule has 0 aliphatic heterocycles. The number of nitriles is 1. The summed E-state index contributed by atoms with van der Waals surface area (Å²) >= 11 is 1.23. The van der Waals surface area contributed by atoms with E-state index in [2.05, 4.69) is 11.4 Å². The van der Waals surface area contributed by atoms with Crippen LogP contribution < -0.4 is 5.32 Å². The van der Waals surface area contributed by atoms with Gasteiger partial charge in [0.05, 0.1) is 18.9 Å². The summed E-state index contributed by atoms with van der Waals surface area (Å²) in [5.74, 6) is -0.792. The zero-order chi connectivity index (χ0) is 14.8. The van der Waals surface area contributed by atoms with Gasteiger partial charge in [-0.25, -0.2) is 4.79 Å². The number of hydrogen-bond donors (Lipinski definition) is 1. The highest BCUT2D eigenvalue weighted by Crippen LogP contribution is 2.39. The summed E-state index contributed by atoms with van der Waals surface area (Å²) in [6, 6.07) is 2.15. The number of methoxy groups -OCH3 is 1. The Labute approximate surface area is 121 Å². The van der Waals surface area contributed by atoms with E-state index in [9.17, 15) is 14.9 Å². The molecule has 1 aliphatic carbocycles. The van der Waals surface area contributed by atoms with Crippen LogP contribution in [0.25, 0.3) is 0 Å². The van der Waals surface area contributed by atoms with Crippen molar-refractivity contribution in [1.82, 2.24) is 0 Å². The predicted molar refractivity (Wildman–Crippen MR) is 75.5 cm³/mol. The Hall–Kier alpha value is -1.87. The molecule has 1 aromatic heterocycles. The molecule has 1 aliphatic rings. The molecule has 1 fully saturated rings. The van der Waals surface area contributed by atoms with Crippen molar-refractivity contribution >= 4 is 28.9 Å². The van der Waals surface area contributed by atoms with Gasteiger partial charge in [0.15, 0.2) is 0 Å². The van der Waals surface area contributed by atoms with Crippen molar-refractivity contribution in [2.45, 2.75) is 32.6 Å². The van der Waals surface area contributed by atoms with Crippen LogP contribution in [0.4, 0.5) is 5.69 Å². The Morgan fingerprint density at radius 1 is 1.45 bits per heavy atom. The second-order valence-electron chi connectivity index (χ2n) is 4.97. The smallest absolute Gasteiger partial charge is 0.350 e. The van der Waals surface area contributed by atoms with Gasteiger partial charge in [-0.1, -0.05) is 12.8 Å². The lowest BCUT2D eigenvalue weighted by Crippen LogP contribution is -2.32. The van der Waals surface area contributed by atoms with Gasteiger partial charge in [0, 0.05) is 0 Å². The van der Waals surface area contributed by atoms with Crippen LogP contribution in [-0.4, -0.2) is 19.0 Å². The molecule has 0 atom stereocenters. The van der Waals surface area contributed by atoms with Crippen LogP contribution in [0.1, 0.15) is 40.9 Å². The number of thiophene rings is 1. The molecule has 0 unspecified atom stereocenters. The fourth-order valence-corrected chi connectivity index (χ4v) is 3.37. The summed E-state index contributed by atoms with van der Waals surface area (Å²) in [4.78, 5) is 24.4. The molecule has 6 heteroatoms. The van der Waals surface area contributed by atoms with E-state index in [0.29, 0.717) is 23.4 Å². The maximum absolute atomic E-state index is 12.4. The summed E-state index contributed by atoms with van der Waals surface area (Å²) < 4.78 is 4.70. The van der Waals surface area contributed by atoms with Gasteiger partial charge in [-0.3, -0.25) is 4.79 Å². The lowest BCUT2D eigenvalue weighted by molar-refractivity contribution is -0.122. The van der Waals surface area contributed by atoms with E-state index < -0.39 is 11.4 Å². The summed E-state index contributed by atoms with van der Waals surface area (Å²) in [6.45, 7) is 1.81. The third-order valence-electron chi connectivity index (χ3n) is 3.69. The molecule has 5 nitrogen and oxygen atoms in total. The van der Waals surface area contributed by atoms with Crippen molar-refractivity contribution in [3.05, 3.63) is 15.8 Å². The Balaban J connectivity index is 2.26. The number of carbonyl (C=O) groups excluding carboxylic acids is 2. The Morgan fingerprint density at radius 2 is 2.10 bits per heavy atom. The van der Waals surface area contributed by atoms with Crippen LogP contribution in [0.3, 0.4) is 0 Å². The zero-order valence-corrected chi connectivity index (χ0v) is 12.3. The first-order chi connectivity index (χ1) is 9.54. The third-order valence-corrected chi connectivity index (χ3v) is 4.77. The molecule has 1 saturated carbocycles. The summed E-state index contributed by atoms with van der Waals surface area (Å²) in [5.41, 5.74) is 0.310. The summed E-state index contributed by atoms with van der Waals surface area (Å²) in [7, 11) is 1.30. The number of anilines is 1. The molecule has 1 aromatic rings. The topological polar surface area (TPSA) is 79.2 Å². The Bertz CT molecular complexity index is 580. The van der Waals surface area contributed by atoms with Gasteiger partial charge in [0.2, 0.25) is 5.91 Å². The number of ether oxygens (including phenoxy) is 1. The van der Waals surface area contributed by atoms with Gasteiger partial charge >= 0.3 is 5.97 Å². The van der Waals surface area contributed by atoms with Gasteiger partial charge in [0.1, 0.15) is 10.3 Å². The van der Waals surface area contributed by atoms with Crippen molar-refractivity contribution in [3.8, 4) is 6.07 Å². The number of carbonyl (C=O) groups is 2. The molecule has 1 amide bonds. The molecule has 0 spiro atoms. The van der Waals surface area contributed by atoms with E-state index in [1.165, 1.54) is 18.4 Å². The SMILES string of the molecule is COC(=O)c1scc(C)c1NC(=O)C1(C#N)CCCC1. The lowest BCUT2D eigenvalue weighted by Gasteiger charge is -2.19. The van der Waals surface area contributed by atoms with Gasteiger partial charge in [-0.2, -0.15) is 5.26 Å². The van der Waals surface area contributed by atoms with Crippen molar-refractivity contribution in [3.63, 3.8) is 0 Å². The summed E-state index contributed by atoms with van der Waals surface area (Å²) in [5, 5.41) is 13.9. The quantitative estimate of drug-likeness (QED) is 0.869. The van der Waals surface area contributed by atoms with E-state index in [0.717, 1.165) is 18.4 Å². The van der Waals surface area contributed by atoms with Crippen LogP contribution in [0.5, 0.6) is 0 Å². The zero-order valence-electron chi connectivity index (χ0n) is 11.5. The minimum Gasteiger partial charge on any atom is -0.465 e. The molecule has 1 N–H and O–H groups in total. The van der Waals surface area contributed by atoms with Crippen molar-refractivity contribution in [2.24, 2.45) is 5.41 Å². The van der Waals surface area contributed by atoms with E-state index in [1.54, 1.807) is 5.38 Å². The van der Waals surface area contributed by atoms with E-state index >= 15 is 0 Å². The second-order valence-corrected chi connectivity index (χ2v) is 5.85. The van der Waals surface area contributed by atoms with Crippen molar-refractivity contribution in [1.29, 1.82) is 5.26 Å². The van der Waals surface area contributed by atoms with Crippen LogP contribution in [0.2, 0.25) is 0 Å². The van der Waals surface area contributed by atoms with Crippen LogP contribution in [-0.2, 0) is 9.53 Å². The van der Waals surface area contributed by atoms with Gasteiger partial charge in [-0.15, -0.1) is 11.3 Å². The number of hydrogen-bond acceptors (Lipinski definition) is 5. The predicted octanol–water partition coefficient (Wildman–Crippen LogP) is 2.87. The fourth-order valence-electron chi connectivity index (χ4n) is 2.44. The minimum absolute atomic E-state index is 0.316. The average Bonchev–Trinajstić information content (AvgIpc) is 3.07. The molecule has 0 bridgehead atoms. The molecule has 1 heterocycles. The highest BCUT2D eigenvalue weighted by Gasteiger charge is 2.42. The maximum Gasteiger partial charge on any atom is 0.350 e. The molecular formula is C14H16N2O3S. The normalized spacial score (nSPS) is 16.4. The van der Waals surface area contributed by atoms with E-state index in [4.69, 9.17) is 4.74 Å². The number of aryl methyl sites for hydroxylation is 1. The minimum atomic E-state index is -0.957. The molecule has 0 radical (unpaired) electrons. The van der Waals surface area contributed by atoms with Crippen molar-refractivity contribution < 1.29 is 14.3 Å². The highest BCUT2D eigenvalue weighted by atomic mass is 32.1. The number of rotatable bonds is 3. The van der Waals surface area contributed by atoms with Crippen LogP contribution in [0.15, 0.2) is 5.38 Å². The first-order valence-electron chi connectivity index (χ1n) is 6.43. The van der Waals surface area contributed by atoms with Crippen molar-refractivity contribution in [2.75, 3.05) is 12.4 Å². The molecule has 0 saturated heterocycles. The molecule has 20 heavy (non-hydrogen) atoms. The van der Waals surface area contributed by atoms with Gasteiger partial charge in [0.25, 0.3) is 0 Å². The monoisotopic (exact) mass is 292 g/mol.